The zero-order valence-corrected chi connectivity index (χ0v) is 11.7. The molecule has 18 heavy (non-hydrogen) atoms. The summed E-state index contributed by atoms with van der Waals surface area (Å²) < 4.78 is 16.2. The molecule has 0 aliphatic heterocycles. The van der Waals surface area contributed by atoms with Crippen molar-refractivity contribution in [2.45, 2.75) is 19.4 Å². The van der Waals surface area contributed by atoms with Crippen LogP contribution in [0, 0.1) is 0 Å². The van der Waals surface area contributed by atoms with Gasteiger partial charge in [0.2, 0.25) is 0 Å². The Morgan fingerprint density at radius 1 is 1.17 bits per heavy atom. The molecule has 0 aliphatic carbocycles. The summed E-state index contributed by atoms with van der Waals surface area (Å²) in [5.74, 6) is 1.55. The second kappa shape index (κ2) is 7.95. The van der Waals surface area contributed by atoms with Crippen LogP contribution in [0.1, 0.15) is 12.5 Å². The van der Waals surface area contributed by atoms with Gasteiger partial charge in [-0.3, -0.25) is 0 Å². The third-order valence-electron chi connectivity index (χ3n) is 2.85. The molecule has 0 fully saturated rings. The quantitative estimate of drug-likeness (QED) is 0.768. The number of nitrogens with one attached hydrogen (secondary N) is 1. The topological polar surface area (TPSA) is 39.7 Å². The summed E-state index contributed by atoms with van der Waals surface area (Å²) in [6, 6.07) is 6.20. The van der Waals surface area contributed by atoms with Crippen molar-refractivity contribution in [3.8, 4) is 11.5 Å². The standard InChI is InChI=1S/C14H23NO3/c1-5-11-6-7-13(14(8-11)17-4)18-10-12(15-2)9-16-3/h6-8,12,15H,5,9-10H2,1-4H3. The molecular formula is C14H23NO3. The molecule has 1 rings (SSSR count). The van der Waals surface area contributed by atoms with Gasteiger partial charge in [-0.25, -0.2) is 0 Å². The first-order valence-corrected chi connectivity index (χ1v) is 6.21. The molecule has 4 nitrogen and oxygen atoms in total. The Balaban J connectivity index is 2.65. The van der Waals surface area contributed by atoms with Crippen molar-refractivity contribution in [3.05, 3.63) is 23.8 Å². The van der Waals surface area contributed by atoms with Crippen LogP contribution in [0.25, 0.3) is 0 Å². The summed E-state index contributed by atoms with van der Waals surface area (Å²) in [5, 5.41) is 3.14. The Kier molecular flexibility index (Phi) is 6.54. The largest absolute Gasteiger partial charge is 0.493 e. The predicted molar refractivity (Wildman–Crippen MR) is 72.6 cm³/mol. The number of hydrogen-bond donors (Lipinski definition) is 1. The molecule has 0 aliphatic rings. The molecule has 102 valence electrons. The average molecular weight is 253 g/mol. The Bertz CT molecular complexity index is 355. The number of likely N-dealkylation sites (N-methyl/N-ethyl adjacent to an activating group) is 1. The van der Waals surface area contributed by atoms with Gasteiger partial charge in [0.15, 0.2) is 11.5 Å². The Morgan fingerprint density at radius 3 is 2.50 bits per heavy atom. The van der Waals surface area contributed by atoms with Crippen molar-refractivity contribution in [1.82, 2.24) is 5.32 Å². The first kappa shape index (κ1) is 14.8. The van der Waals surface area contributed by atoms with Crippen molar-refractivity contribution in [1.29, 1.82) is 0 Å². The summed E-state index contributed by atoms with van der Waals surface area (Å²) in [5.41, 5.74) is 1.24. The highest BCUT2D eigenvalue weighted by molar-refractivity contribution is 5.42. The fourth-order valence-corrected chi connectivity index (χ4v) is 1.66. The van der Waals surface area contributed by atoms with E-state index >= 15 is 0 Å². The molecule has 1 unspecified atom stereocenters. The van der Waals surface area contributed by atoms with E-state index in [-0.39, 0.29) is 6.04 Å². The maximum absolute atomic E-state index is 5.77. The summed E-state index contributed by atoms with van der Waals surface area (Å²) in [6.07, 6.45) is 0.986. The van der Waals surface area contributed by atoms with Gasteiger partial charge in [-0.1, -0.05) is 13.0 Å². The highest BCUT2D eigenvalue weighted by Crippen LogP contribution is 2.28. The molecule has 0 spiro atoms. The molecule has 0 amide bonds. The lowest BCUT2D eigenvalue weighted by atomic mass is 10.1. The molecule has 0 heterocycles. The SMILES string of the molecule is CCc1ccc(OCC(COC)NC)c(OC)c1. The van der Waals surface area contributed by atoms with Gasteiger partial charge in [-0.2, -0.15) is 0 Å². The number of rotatable bonds is 8. The van der Waals surface area contributed by atoms with Crippen molar-refractivity contribution in [3.63, 3.8) is 0 Å². The van der Waals surface area contributed by atoms with Gasteiger partial charge in [0.1, 0.15) is 6.61 Å². The van der Waals surface area contributed by atoms with Gasteiger partial charge in [-0.15, -0.1) is 0 Å². The van der Waals surface area contributed by atoms with E-state index in [2.05, 4.69) is 18.3 Å². The lowest BCUT2D eigenvalue weighted by Gasteiger charge is -2.17. The van der Waals surface area contributed by atoms with E-state index in [0.29, 0.717) is 13.2 Å². The van der Waals surface area contributed by atoms with Crippen molar-refractivity contribution in [2.24, 2.45) is 0 Å². The summed E-state index contributed by atoms with van der Waals surface area (Å²) >= 11 is 0. The van der Waals surface area contributed by atoms with Crippen LogP contribution in [0.5, 0.6) is 11.5 Å². The van der Waals surface area contributed by atoms with Crippen LogP contribution in [0.4, 0.5) is 0 Å². The maximum Gasteiger partial charge on any atom is 0.161 e. The van der Waals surface area contributed by atoms with Crippen LogP contribution in [-0.4, -0.2) is 40.5 Å². The van der Waals surface area contributed by atoms with Crippen molar-refractivity contribution < 1.29 is 14.2 Å². The van der Waals surface area contributed by atoms with Gasteiger partial charge >= 0.3 is 0 Å². The molecule has 0 bridgehead atoms. The number of hydrogen-bond acceptors (Lipinski definition) is 4. The minimum atomic E-state index is 0.172. The monoisotopic (exact) mass is 253 g/mol. The minimum Gasteiger partial charge on any atom is -0.493 e. The zero-order chi connectivity index (χ0) is 13.4. The highest BCUT2D eigenvalue weighted by Gasteiger charge is 2.09. The minimum absolute atomic E-state index is 0.172. The van der Waals surface area contributed by atoms with E-state index in [1.165, 1.54) is 5.56 Å². The van der Waals surface area contributed by atoms with Crippen molar-refractivity contribution in [2.75, 3.05) is 34.5 Å². The number of benzene rings is 1. The molecule has 1 N–H and O–H groups in total. The van der Waals surface area contributed by atoms with E-state index in [9.17, 15) is 0 Å². The smallest absolute Gasteiger partial charge is 0.161 e. The molecule has 4 heteroatoms. The number of methoxy groups -OCH3 is 2. The molecule has 1 atom stereocenters. The second-order valence-electron chi connectivity index (χ2n) is 4.09. The molecule has 0 aromatic heterocycles. The van der Waals surface area contributed by atoms with Crippen LogP contribution in [-0.2, 0) is 11.2 Å². The van der Waals surface area contributed by atoms with Gasteiger partial charge in [0.05, 0.1) is 19.8 Å². The Labute approximate surface area is 109 Å². The second-order valence-corrected chi connectivity index (χ2v) is 4.09. The van der Waals surface area contributed by atoms with E-state index in [1.54, 1.807) is 14.2 Å². The fraction of sp³-hybridized carbons (Fsp3) is 0.571. The first-order valence-electron chi connectivity index (χ1n) is 6.21. The molecule has 0 radical (unpaired) electrons. The summed E-state index contributed by atoms with van der Waals surface area (Å²) in [7, 11) is 5.23. The summed E-state index contributed by atoms with van der Waals surface area (Å²) in [4.78, 5) is 0. The van der Waals surface area contributed by atoms with E-state index in [4.69, 9.17) is 14.2 Å². The Hall–Kier alpha value is -1.26. The average Bonchev–Trinajstić information content (AvgIpc) is 2.43. The lowest BCUT2D eigenvalue weighted by molar-refractivity contribution is 0.138. The van der Waals surface area contributed by atoms with Gasteiger partial charge in [0, 0.05) is 7.11 Å². The van der Waals surface area contributed by atoms with Gasteiger partial charge in [0.25, 0.3) is 0 Å². The molecule has 0 saturated carbocycles. The van der Waals surface area contributed by atoms with Crippen molar-refractivity contribution >= 4 is 0 Å². The van der Waals surface area contributed by atoms with Crippen LogP contribution < -0.4 is 14.8 Å². The fourth-order valence-electron chi connectivity index (χ4n) is 1.66. The molecule has 1 aromatic rings. The highest BCUT2D eigenvalue weighted by atomic mass is 16.5. The maximum atomic E-state index is 5.77. The normalized spacial score (nSPS) is 12.2. The third kappa shape index (κ3) is 4.20. The first-order chi connectivity index (χ1) is 8.74. The Morgan fingerprint density at radius 2 is 1.94 bits per heavy atom. The summed E-state index contributed by atoms with van der Waals surface area (Å²) in [6.45, 7) is 3.28. The van der Waals surface area contributed by atoms with E-state index in [1.807, 2.05) is 19.2 Å². The van der Waals surface area contributed by atoms with E-state index < -0.39 is 0 Å². The van der Waals surface area contributed by atoms with Gasteiger partial charge < -0.3 is 19.5 Å². The molecule has 1 aromatic carbocycles. The van der Waals surface area contributed by atoms with Crippen LogP contribution in [0.2, 0.25) is 0 Å². The van der Waals surface area contributed by atoms with Crippen LogP contribution in [0.3, 0.4) is 0 Å². The number of aryl methyl sites for hydroxylation is 1. The lowest BCUT2D eigenvalue weighted by Crippen LogP contribution is -2.35. The third-order valence-corrected chi connectivity index (χ3v) is 2.85. The van der Waals surface area contributed by atoms with Crippen LogP contribution >= 0.6 is 0 Å². The van der Waals surface area contributed by atoms with Gasteiger partial charge in [-0.05, 0) is 31.2 Å². The zero-order valence-electron chi connectivity index (χ0n) is 11.7. The number of ether oxygens (including phenoxy) is 3. The predicted octanol–water partition coefficient (Wildman–Crippen LogP) is 1.87. The van der Waals surface area contributed by atoms with E-state index in [0.717, 1.165) is 17.9 Å². The molecular weight excluding hydrogens is 230 g/mol. The molecule has 0 saturated heterocycles. The van der Waals surface area contributed by atoms with Crippen LogP contribution in [0.15, 0.2) is 18.2 Å².